The van der Waals surface area contributed by atoms with Gasteiger partial charge in [0.05, 0.1) is 6.54 Å². The Bertz CT molecular complexity index is 322. The Hall–Kier alpha value is -1.08. The third kappa shape index (κ3) is 3.23. The summed E-state index contributed by atoms with van der Waals surface area (Å²) >= 11 is 0. The molecule has 0 aromatic rings. The highest BCUT2D eigenvalue weighted by Gasteiger charge is 2.30. The summed E-state index contributed by atoms with van der Waals surface area (Å²) in [5, 5.41) is 0. The topological polar surface area (TPSA) is 27.9 Å². The van der Waals surface area contributed by atoms with Crippen molar-refractivity contribution in [2.75, 3.05) is 26.7 Å². The van der Waals surface area contributed by atoms with E-state index < -0.39 is 0 Å². The van der Waals surface area contributed by atoms with Crippen LogP contribution in [0.3, 0.4) is 0 Å². The highest BCUT2D eigenvalue weighted by Crippen LogP contribution is 2.24. The summed E-state index contributed by atoms with van der Waals surface area (Å²) in [6.45, 7) is 7.80. The average Bonchev–Trinajstić information content (AvgIpc) is 2.92. The van der Waals surface area contributed by atoms with Gasteiger partial charge in [0.1, 0.15) is 0 Å². The fraction of sp³-hybridized carbons (Fsp3) is 0.857. The molecular weight excluding hydrogens is 226 g/mol. The van der Waals surface area contributed by atoms with Crippen LogP contribution < -0.4 is 0 Å². The molecular formula is C14H24N3O+. The Morgan fingerprint density at radius 2 is 1.89 bits per heavy atom. The number of hydrogen-bond donors (Lipinski definition) is 0. The Morgan fingerprint density at radius 1 is 1.28 bits per heavy atom. The zero-order valence-corrected chi connectivity index (χ0v) is 11.3. The predicted molar refractivity (Wildman–Crippen MR) is 72.8 cm³/mol. The number of nitrogens with zero attached hydrogens (tertiary/aromatic N) is 3. The van der Waals surface area contributed by atoms with Crippen LogP contribution in [0.25, 0.3) is 4.85 Å². The molecule has 2 aliphatic rings. The summed E-state index contributed by atoms with van der Waals surface area (Å²) in [5.74, 6) is 0.292. The second kappa shape index (κ2) is 6.19. The summed E-state index contributed by atoms with van der Waals surface area (Å²) in [5.41, 5.74) is 0. The molecule has 0 N–H and O–H groups in total. The maximum Gasteiger partial charge on any atom is 0.272 e. The first-order valence-corrected chi connectivity index (χ1v) is 7.08. The maximum absolute atomic E-state index is 12.1. The molecule has 100 valence electrons. The molecule has 1 aliphatic heterocycles. The van der Waals surface area contributed by atoms with Gasteiger partial charge in [-0.05, 0) is 32.7 Å². The first-order valence-electron chi connectivity index (χ1n) is 7.08. The lowest BCUT2D eigenvalue weighted by Gasteiger charge is -2.31. The van der Waals surface area contributed by atoms with Crippen LogP contribution in [-0.4, -0.2) is 54.5 Å². The molecule has 2 fully saturated rings. The molecule has 1 saturated heterocycles. The molecule has 1 aliphatic carbocycles. The molecule has 1 saturated carbocycles. The SMILES string of the molecule is C#[N+]C1CCC(N(C)CC(=O)N2CCCC2)CC1. The van der Waals surface area contributed by atoms with E-state index >= 15 is 0 Å². The molecule has 0 unspecified atom stereocenters. The van der Waals surface area contributed by atoms with Crippen molar-refractivity contribution in [3.8, 4) is 6.57 Å². The highest BCUT2D eigenvalue weighted by atomic mass is 16.2. The van der Waals surface area contributed by atoms with E-state index in [1.54, 1.807) is 0 Å². The van der Waals surface area contributed by atoms with Crippen molar-refractivity contribution < 1.29 is 4.79 Å². The summed E-state index contributed by atoms with van der Waals surface area (Å²) in [7, 11) is 2.07. The fourth-order valence-corrected chi connectivity index (χ4v) is 3.06. The number of rotatable bonds is 3. The van der Waals surface area contributed by atoms with Gasteiger partial charge in [-0.2, -0.15) is 0 Å². The van der Waals surface area contributed by atoms with Crippen LogP contribution in [0, 0.1) is 6.57 Å². The van der Waals surface area contributed by atoms with Crippen molar-refractivity contribution in [2.45, 2.75) is 50.6 Å². The van der Waals surface area contributed by atoms with Gasteiger partial charge < -0.3 is 4.90 Å². The largest absolute Gasteiger partial charge is 0.342 e. The van der Waals surface area contributed by atoms with Gasteiger partial charge in [0.25, 0.3) is 12.6 Å². The first kappa shape index (κ1) is 13.4. The first-order chi connectivity index (χ1) is 8.70. The Balaban J connectivity index is 1.76. The zero-order chi connectivity index (χ0) is 13.0. The second-order valence-electron chi connectivity index (χ2n) is 5.61. The van der Waals surface area contributed by atoms with Gasteiger partial charge in [0.15, 0.2) is 0 Å². The lowest BCUT2D eigenvalue weighted by Crippen LogP contribution is -2.43. The standard InChI is InChI=1S/C14H24N3O/c1-15-12-5-7-13(8-6-12)16(2)11-14(18)17-9-3-4-10-17/h1,12-13H,3-11H2,2H3/q+1. The van der Waals surface area contributed by atoms with Crippen molar-refractivity contribution in [3.05, 3.63) is 4.85 Å². The molecule has 1 amide bonds. The van der Waals surface area contributed by atoms with Crippen LogP contribution in [0.4, 0.5) is 0 Å². The van der Waals surface area contributed by atoms with E-state index in [-0.39, 0.29) is 0 Å². The van der Waals surface area contributed by atoms with E-state index in [1.165, 1.54) is 12.8 Å². The summed E-state index contributed by atoms with van der Waals surface area (Å²) in [6, 6.07) is 0.860. The molecule has 0 spiro atoms. The normalized spacial score (nSPS) is 28.4. The van der Waals surface area contributed by atoms with Gasteiger partial charge in [0.2, 0.25) is 5.91 Å². The molecule has 18 heavy (non-hydrogen) atoms. The number of hydrogen-bond acceptors (Lipinski definition) is 2. The third-order valence-corrected chi connectivity index (χ3v) is 4.34. The van der Waals surface area contributed by atoms with Crippen LogP contribution in [0.2, 0.25) is 0 Å². The van der Waals surface area contributed by atoms with E-state index in [4.69, 9.17) is 6.57 Å². The van der Waals surface area contributed by atoms with Crippen LogP contribution in [0.1, 0.15) is 38.5 Å². The molecule has 4 heteroatoms. The molecule has 0 aromatic carbocycles. The van der Waals surface area contributed by atoms with E-state index in [0.717, 1.165) is 38.8 Å². The monoisotopic (exact) mass is 250 g/mol. The van der Waals surface area contributed by atoms with Gasteiger partial charge in [0, 0.05) is 32.0 Å². The third-order valence-electron chi connectivity index (χ3n) is 4.34. The second-order valence-corrected chi connectivity index (χ2v) is 5.61. The van der Waals surface area contributed by atoms with Gasteiger partial charge in [-0.15, -0.1) is 0 Å². The van der Waals surface area contributed by atoms with Crippen molar-refractivity contribution >= 4 is 5.91 Å². The zero-order valence-electron chi connectivity index (χ0n) is 11.3. The molecule has 0 bridgehead atoms. The van der Waals surface area contributed by atoms with Gasteiger partial charge in [-0.1, -0.05) is 4.85 Å². The molecule has 0 atom stereocenters. The van der Waals surface area contributed by atoms with Crippen molar-refractivity contribution in [2.24, 2.45) is 0 Å². The highest BCUT2D eigenvalue weighted by molar-refractivity contribution is 5.78. The van der Waals surface area contributed by atoms with Crippen LogP contribution >= 0.6 is 0 Å². The Morgan fingerprint density at radius 3 is 2.44 bits per heavy atom. The average molecular weight is 250 g/mol. The molecule has 0 radical (unpaired) electrons. The number of carbonyl (C=O) groups excluding carboxylic acids is 1. The van der Waals surface area contributed by atoms with Gasteiger partial charge in [-0.25, -0.2) is 0 Å². The molecule has 4 nitrogen and oxygen atoms in total. The van der Waals surface area contributed by atoms with Crippen molar-refractivity contribution in [3.63, 3.8) is 0 Å². The smallest absolute Gasteiger partial charge is 0.272 e. The lowest BCUT2D eigenvalue weighted by atomic mass is 9.91. The number of amides is 1. The molecule has 2 rings (SSSR count). The van der Waals surface area contributed by atoms with Gasteiger partial charge >= 0.3 is 0 Å². The minimum Gasteiger partial charge on any atom is -0.342 e. The summed E-state index contributed by atoms with van der Waals surface area (Å²) in [4.78, 5) is 20.1. The van der Waals surface area contributed by atoms with Gasteiger partial charge in [-0.3, -0.25) is 9.69 Å². The van der Waals surface area contributed by atoms with Crippen molar-refractivity contribution in [1.82, 2.24) is 9.80 Å². The number of carbonyl (C=O) groups is 1. The summed E-state index contributed by atoms with van der Waals surface area (Å²) in [6.07, 6.45) is 6.66. The maximum atomic E-state index is 12.1. The van der Waals surface area contributed by atoms with E-state index in [2.05, 4.69) is 16.8 Å². The quantitative estimate of drug-likeness (QED) is 0.764. The van der Waals surface area contributed by atoms with E-state index in [9.17, 15) is 4.79 Å². The Kier molecular flexibility index (Phi) is 4.60. The lowest BCUT2D eigenvalue weighted by molar-refractivity contribution is -0.131. The van der Waals surface area contributed by atoms with Crippen LogP contribution in [0.15, 0.2) is 0 Å². The number of likely N-dealkylation sites (N-methyl/N-ethyl adjacent to an activating group) is 1. The van der Waals surface area contributed by atoms with Crippen LogP contribution in [0.5, 0.6) is 0 Å². The van der Waals surface area contributed by atoms with E-state index in [0.29, 0.717) is 24.5 Å². The molecule has 0 aromatic heterocycles. The minimum absolute atomic E-state index is 0.292. The fourth-order valence-electron chi connectivity index (χ4n) is 3.06. The Labute approximate surface area is 110 Å². The molecule has 1 heterocycles. The predicted octanol–water partition coefficient (Wildman–Crippen LogP) is 1.81. The van der Waals surface area contributed by atoms with E-state index in [1.807, 2.05) is 4.90 Å². The van der Waals surface area contributed by atoms with Crippen molar-refractivity contribution in [1.29, 1.82) is 0 Å². The number of likely N-dealkylation sites (tertiary alicyclic amines) is 1. The van der Waals surface area contributed by atoms with Crippen LogP contribution in [-0.2, 0) is 4.79 Å². The summed E-state index contributed by atoms with van der Waals surface area (Å²) < 4.78 is 0. The minimum atomic E-state index is 0.292.